The average Bonchev–Trinajstić information content (AvgIpc) is 3.18. The first-order valence-corrected chi connectivity index (χ1v) is 9.57. The minimum Gasteiger partial charge on any atom is -0.458 e. The third kappa shape index (κ3) is 2.96. The first-order valence-electron chi connectivity index (χ1n) is 9.57. The summed E-state index contributed by atoms with van der Waals surface area (Å²) in [6, 6.07) is 0. The van der Waals surface area contributed by atoms with Gasteiger partial charge in [0.2, 0.25) is 5.91 Å². The number of nitrogens with zero attached hydrogens (tertiary/aromatic N) is 3. The molecule has 1 amide bonds. The quantitative estimate of drug-likeness (QED) is 0.772. The summed E-state index contributed by atoms with van der Waals surface area (Å²) in [5.41, 5.74) is -0.511. The SMILES string of the molecule is Cn1ccnc1C1CCN(C(=O)[C@@H]2CC(=O)OC23CCCCC3)CC1. The Balaban J connectivity index is 1.43. The van der Waals surface area contributed by atoms with E-state index in [1.54, 1.807) is 0 Å². The Morgan fingerprint density at radius 2 is 1.96 bits per heavy atom. The molecule has 0 bridgehead atoms. The minimum absolute atomic E-state index is 0.131. The molecule has 1 saturated carbocycles. The van der Waals surface area contributed by atoms with Crippen molar-refractivity contribution in [1.29, 1.82) is 0 Å². The van der Waals surface area contributed by atoms with E-state index in [1.165, 1.54) is 6.42 Å². The summed E-state index contributed by atoms with van der Waals surface area (Å²) < 4.78 is 7.78. The van der Waals surface area contributed by atoms with Gasteiger partial charge in [0.1, 0.15) is 11.4 Å². The smallest absolute Gasteiger partial charge is 0.307 e. The highest BCUT2D eigenvalue weighted by molar-refractivity contribution is 5.88. The molecule has 1 aromatic rings. The molecule has 3 aliphatic rings. The number of imidazole rings is 1. The normalized spacial score (nSPS) is 26.8. The molecule has 1 spiro atoms. The molecular formula is C19H27N3O3. The monoisotopic (exact) mass is 345 g/mol. The number of likely N-dealkylation sites (tertiary alicyclic amines) is 1. The highest BCUT2D eigenvalue weighted by Crippen LogP contribution is 2.45. The summed E-state index contributed by atoms with van der Waals surface area (Å²) in [7, 11) is 2.02. The van der Waals surface area contributed by atoms with Crippen molar-refractivity contribution in [2.24, 2.45) is 13.0 Å². The summed E-state index contributed by atoms with van der Waals surface area (Å²) in [4.78, 5) is 31.5. The Bertz CT molecular complexity index is 655. The van der Waals surface area contributed by atoms with Crippen LogP contribution in [0.4, 0.5) is 0 Å². The third-order valence-corrected chi connectivity index (χ3v) is 6.35. The van der Waals surface area contributed by atoms with Crippen LogP contribution in [0.5, 0.6) is 0 Å². The first kappa shape index (κ1) is 16.6. The van der Waals surface area contributed by atoms with Crippen LogP contribution in [0, 0.1) is 5.92 Å². The average molecular weight is 345 g/mol. The lowest BCUT2D eigenvalue weighted by molar-refractivity contribution is -0.156. The van der Waals surface area contributed by atoms with Crippen LogP contribution >= 0.6 is 0 Å². The van der Waals surface area contributed by atoms with Gasteiger partial charge in [-0.05, 0) is 38.5 Å². The zero-order valence-electron chi connectivity index (χ0n) is 14.9. The number of aryl methyl sites for hydroxylation is 1. The van der Waals surface area contributed by atoms with Crippen LogP contribution in [0.25, 0.3) is 0 Å². The summed E-state index contributed by atoms with van der Waals surface area (Å²) in [6.07, 6.45) is 10.9. The molecule has 3 heterocycles. The molecule has 4 rings (SSSR count). The fourth-order valence-corrected chi connectivity index (χ4v) is 4.95. The van der Waals surface area contributed by atoms with Gasteiger partial charge >= 0.3 is 5.97 Å². The first-order chi connectivity index (χ1) is 12.1. The maximum Gasteiger partial charge on any atom is 0.307 e. The minimum atomic E-state index is -0.511. The van der Waals surface area contributed by atoms with Crippen molar-refractivity contribution in [3.8, 4) is 0 Å². The van der Waals surface area contributed by atoms with Gasteiger partial charge in [-0.2, -0.15) is 0 Å². The van der Waals surface area contributed by atoms with Crippen molar-refractivity contribution in [2.75, 3.05) is 13.1 Å². The molecule has 0 unspecified atom stereocenters. The number of rotatable bonds is 2. The third-order valence-electron chi connectivity index (χ3n) is 6.35. The molecule has 3 fully saturated rings. The van der Waals surface area contributed by atoms with E-state index in [9.17, 15) is 9.59 Å². The number of ether oxygens (including phenoxy) is 1. The van der Waals surface area contributed by atoms with Crippen LogP contribution in [0.3, 0.4) is 0 Å². The van der Waals surface area contributed by atoms with Crippen molar-refractivity contribution in [1.82, 2.24) is 14.5 Å². The Hall–Kier alpha value is -1.85. The lowest BCUT2D eigenvalue weighted by Gasteiger charge is -2.39. The van der Waals surface area contributed by atoms with Crippen LogP contribution in [-0.2, 0) is 21.4 Å². The van der Waals surface area contributed by atoms with E-state index in [-0.39, 0.29) is 24.2 Å². The largest absolute Gasteiger partial charge is 0.458 e. The van der Waals surface area contributed by atoms with Gasteiger partial charge in [-0.3, -0.25) is 9.59 Å². The summed E-state index contributed by atoms with van der Waals surface area (Å²) >= 11 is 0. The Morgan fingerprint density at radius 3 is 2.60 bits per heavy atom. The standard InChI is InChI=1S/C19H27N3O3/c1-21-12-9-20-17(21)14-5-10-22(11-6-14)18(24)15-13-16(23)25-19(15)7-3-2-4-8-19/h9,12,14-15H,2-8,10-11,13H2,1H3/t15-/m0/s1. The van der Waals surface area contributed by atoms with Gasteiger partial charge in [-0.1, -0.05) is 6.42 Å². The molecule has 0 radical (unpaired) electrons. The van der Waals surface area contributed by atoms with Gasteiger partial charge in [0.15, 0.2) is 0 Å². The second kappa shape index (κ2) is 6.46. The highest BCUT2D eigenvalue weighted by atomic mass is 16.6. The number of piperidine rings is 1. The van der Waals surface area contributed by atoms with E-state index in [4.69, 9.17) is 4.74 Å². The maximum absolute atomic E-state index is 13.2. The number of aromatic nitrogens is 2. The van der Waals surface area contributed by atoms with Crippen LogP contribution in [-0.4, -0.2) is 45.0 Å². The lowest BCUT2D eigenvalue weighted by Crippen LogP contribution is -2.49. The van der Waals surface area contributed by atoms with Crippen LogP contribution < -0.4 is 0 Å². The van der Waals surface area contributed by atoms with Crippen LogP contribution in [0.1, 0.15) is 63.1 Å². The summed E-state index contributed by atoms with van der Waals surface area (Å²) in [5, 5.41) is 0. The molecule has 2 aliphatic heterocycles. The predicted octanol–water partition coefficient (Wildman–Crippen LogP) is 2.39. The van der Waals surface area contributed by atoms with Crippen LogP contribution in [0.2, 0.25) is 0 Å². The molecule has 136 valence electrons. The molecule has 25 heavy (non-hydrogen) atoms. The summed E-state index contributed by atoms with van der Waals surface area (Å²) in [6.45, 7) is 1.49. The van der Waals surface area contributed by atoms with Crippen molar-refractivity contribution < 1.29 is 14.3 Å². The molecule has 6 nitrogen and oxygen atoms in total. The molecule has 1 aromatic heterocycles. The zero-order chi connectivity index (χ0) is 17.4. The van der Waals surface area contributed by atoms with Gasteiger partial charge in [-0.25, -0.2) is 4.98 Å². The number of hydrogen-bond acceptors (Lipinski definition) is 4. The predicted molar refractivity (Wildman–Crippen MR) is 91.8 cm³/mol. The highest BCUT2D eigenvalue weighted by Gasteiger charge is 2.53. The Morgan fingerprint density at radius 1 is 1.24 bits per heavy atom. The number of hydrogen-bond donors (Lipinski definition) is 0. The number of esters is 1. The van der Waals surface area contributed by atoms with Crippen molar-refractivity contribution in [3.05, 3.63) is 18.2 Å². The van der Waals surface area contributed by atoms with E-state index in [1.807, 2.05) is 24.3 Å². The molecule has 0 N–H and O–H groups in total. The van der Waals surface area contributed by atoms with E-state index in [0.717, 1.165) is 57.4 Å². The summed E-state index contributed by atoms with van der Waals surface area (Å²) in [5.74, 6) is 1.18. The van der Waals surface area contributed by atoms with E-state index in [2.05, 4.69) is 9.55 Å². The second-order valence-electron chi connectivity index (χ2n) is 7.85. The molecular weight excluding hydrogens is 318 g/mol. The van der Waals surface area contributed by atoms with Crippen molar-refractivity contribution in [3.63, 3.8) is 0 Å². The van der Waals surface area contributed by atoms with Crippen molar-refractivity contribution in [2.45, 2.75) is 62.9 Å². The lowest BCUT2D eigenvalue weighted by atomic mass is 9.75. The van der Waals surface area contributed by atoms with Gasteiger partial charge in [-0.15, -0.1) is 0 Å². The molecule has 1 atom stereocenters. The Kier molecular flexibility index (Phi) is 4.29. The van der Waals surface area contributed by atoms with E-state index in [0.29, 0.717) is 5.92 Å². The molecule has 6 heteroatoms. The number of carbonyl (C=O) groups excluding carboxylic acids is 2. The number of carbonyl (C=O) groups is 2. The zero-order valence-corrected chi connectivity index (χ0v) is 14.9. The van der Waals surface area contributed by atoms with Gasteiger partial charge < -0.3 is 14.2 Å². The van der Waals surface area contributed by atoms with Gasteiger partial charge in [0.25, 0.3) is 0 Å². The topological polar surface area (TPSA) is 64.4 Å². The molecule has 2 saturated heterocycles. The molecule has 1 aliphatic carbocycles. The van der Waals surface area contributed by atoms with Crippen LogP contribution in [0.15, 0.2) is 12.4 Å². The maximum atomic E-state index is 13.2. The van der Waals surface area contributed by atoms with Crippen molar-refractivity contribution >= 4 is 11.9 Å². The Labute approximate surface area is 148 Å². The number of amides is 1. The van der Waals surface area contributed by atoms with E-state index < -0.39 is 5.60 Å². The van der Waals surface area contributed by atoms with Gasteiger partial charge in [0.05, 0.1) is 12.3 Å². The fraction of sp³-hybridized carbons (Fsp3) is 0.737. The molecule has 0 aromatic carbocycles. The fourth-order valence-electron chi connectivity index (χ4n) is 4.95. The van der Waals surface area contributed by atoms with Gasteiger partial charge in [0, 0.05) is 38.4 Å². The van der Waals surface area contributed by atoms with E-state index >= 15 is 0 Å². The second-order valence-corrected chi connectivity index (χ2v) is 7.85.